The van der Waals surface area contributed by atoms with Gasteiger partial charge in [0, 0.05) is 12.1 Å². The second-order valence-corrected chi connectivity index (χ2v) is 3.31. The molecule has 66 valence electrons. The summed E-state index contributed by atoms with van der Waals surface area (Å²) in [6, 6.07) is 3.56. The van der Waals surface area contributed by atoms with E-state index in [1.54, 1.807) is 25.3 Å². The maximum Gasteiger partial charge on any atom is 0.0643 e. The Balaban J connectivity index is 2.94. The highest BCUT2D eigenvalue weighted by atomic mass is 35.5. The van der Waals surface area contributed by atoms with Gasteiger partial charge in [0.2, 0.25) is 0 Å². The van der Waals surface area contributed by atoms with Crippen LogP contribution in [0.25, 0.3) is 0 Å². The van der Waals surface area contributed by atoms with E-state index in [1.807, 2.05) is 6.92 Å². The summed E-state index contributed by atoms with van der Waals surface area (Å²) in [5.74, 6) is -0.0151. The Kier molecular flexibility index (Phi) is 3.06. The molecule has 0 aliphatic heterocycles. The van der Waals surface area contributed by atoms with Gasteiger partial charge in [0.1, 0.15) is 0 Å². The Labute approximate surface area is 77.2 Å². The van der Waals surface area contributed by atoms with Gasteiger partial charge in [0.05, 0.1) is 16.8 Å². The van der Waals surface area contributed by atoms with Gasteiger partial charge in [-0.05, 0) is 19.1 Å². The zero-order valence-corrected chi connectivity index (χ0v) is 7.92. The predicted octanol–water partition coefficient (Wildman–Crippen LogP) is 2.22. The minimum absolute atomic E-state index is 0.0151. The van der Waals surface area contributed by atoms with Crippen molar-refractivity contribution in [1.29, 1.82) is 0 Å². The molecule has 1 rings (SSSR count). The van der Waals surface area contributed by atoms with E-state index in [2.05, 4.69) is 4.98 Å². The number of rotatable bonds is 2. The van der Waals surface area contributed by atoms with Gasteiger partial charge in [0.25, 0.3) is 0 Å². The van der Waals surface area contributed by atoms with Gasteiger partial charge in [-0.1, -0.05) is 18.5 Å². The van der Waals surface area contributed by atoms with Crippen LogP contribution in [0.15, 0.2) is 18.3 Å². The molecule has 1 aromatic rings. The maximum absolute atomic E-state index is 9.30. The molecule has 1 N–H and O–H groups in total. The fraction of sp³-hybridized carbons (Fsp3) is 0.444. The largest absolute Gasteiger partial charge is 0.393 e. The van der Waals surface area contributed by atoms with Gasteiger partial charge in [-0.15, -0.1) is 0 Å². The van der Waals surface area contributed by atoms with Gasteiger partial charge < -0.3 is 5.11 Å². The predicted molar refractivity (Wildman–Crippen MR) is 49.3 cm³/mol. The van der Waals surface area contributed by atoms with Crippen molar-refractivity contribution in [2.75, 3.05) is 0 Å². The highest BCUT2D eigenvalue weighted by Gasteiger charge is 2.15. The summed E-state index contributed by atoms with van der Waals surface area (Å²) >= 11 is 5.89. The molecule has 0 bridgehead atoms. The van der Waals surface area contributed by atoms with Gasteiger partial charge in [-0.2, -0.15) is 0 Å². The van der Waals surface area contributed by atoms with Gasteiger partial charge in [0.15, 0.2) is 0 Å². The number of halogens is 1. The van der Waals surface area contributed by atoms with Crippen LogP contribution in [0.2, 0.25) is 5.02 Å². The lowest BCUT2D eigenvalue weighted by atomic mass is 10.0. The van der Waals surface area contributed by atoms with Crippen molar-refractivity contribution in [2.24, 2.45) is 0 Å². The summed E-state index contributed by atoms with van der Waals surface area (Å²) in [7, 11) is 0. The molecule has 2 nitrogen and oxygen atoms in total. The minimum Gasteiger partial charge on any atom is -0.393 e. The number of hydrogen-bond donors (Lipinski definition) is 1. The molecular formula is C9H12ClNO. The van der Waals surface area contributed by atoms with Gasteiger partial charge in [-0.25, -0.2) is 0 Å². The van der Waals surface area contributed by atoms with E-state index >= 15 is 0 Å². The van der Waals surface area contributed by atoms with E-state index < -0.39 is 6.10 Å². The van der Waals surface area contributed by atoms with Crippen LogP contribution in [0.4, 0.5) is 0 Å². The Morgan fingerprint density at radius 1 is 1.50 bits per heavy atom. The topological polar surface area (TPSA) is 33.1 Å². The quantitative estimate of drug-likeness (QED) is 0.767. The molecule has 1 aromatic heterocycles. The third-order valence-electron chi connectivity index (χ3n) is 1.94. The van der Waals surface area contributed by atoms with Crippen LogP contribution in [0.3, 0.4) is 0 Å². The SMILES string of the molecule is CC(O)C(C)c1ncccc1Cl. The van der Waals surface area contributed by atoms with Crippen molar-refractivity contribution >= 4 is 11.6 Å². The molecule has 0 radical (unpaired) electrons. The first kappa shape index (κ1) is 9.49. The summed E-state index contributed by atoms with van der Waals surface area (Å²) < 4.78 is 0. The second kappa shape index (κ2) is 3.87. The first-order valence-corrected chi connectivity index (χ1v) is 4.29. The molecular weight excluding hydrogens is 174 g/mol. The van der Waals surface area contributed by atoms with Crippen molar-refractivity contribution < 1.29 is 5.11 Å². The minimum atomic E-state index is -0.419. The van der Waals surface area contributed by atoms with E-state index in [4.69, 9.17) is 11.6 Å². The number of nitrogens with zero attached hydrogens (tertiary/aromatic N) is 1. The fourth-order valence-corrected chi connectivity index (χ4v) is 1.26. The number of aliphatic hydroxyl groups excluding tert-OH is 1. The third-order valence-corrected chi connectivity index (χ3v) is 2.26. The van der Waals surface area contributed by atoms with Crippen LogP contribution < -0.4 is 0 Å². The van der Waals surface area contributed by atoms with E-state index in [9.17, 15) is 5.11 Å². The van der Waals surface area contributed by atoms with E-state index in [-0.39, 0.29) is 5.92 Å². The Morgan fingerprint density at radius 2 is 2.17 bits per heavy atom. The van der Waals surface area contributed by atoms with Crippen LogP contribution in [-0.4, -0.2) is 16.2 Å². The van der Waals surface area contributed by atoms with Crippen molar-refractivity contribution in [2.45, 2.75) is 25.9 Å². The smallest absolute Gasteiger partial charge is 0.0643 e. The lowest BCUT2D eigenvalue weighted by molar-refractivity contribution is 0.167. The Morgan fingerprint density at radius 3 is 2.67 bits per heavy atom. The average Bonchev–Trinajstić information content (AvgIpc) is 2.04. The van der Waals surface area contributed by atoms with Crippen LogP contribution in [0.5, 0.6) is 0 Å². The molecule has 2 atom stereocenters. The normalized spacial score (nSPS) is 15.7. The molecule has 0 saturated heterocycles. The molecule has 0 aliphatic rings. The summed E-state index contributed by atoms with van der Waals surface area (Å²) in [4.78, 5) is 4.11. The zero-order valence-electron chi connectivity index (χ0n) is 7.16. The highest BCUT2D eigenvalue weighted by molar-refractivity contribution is 6.31. The first-order valence-electron chi connectivity index (χ1n) is 3.91. The molecule has 3 heteroatoms. The van der Waals surface area contributed by atoms with Gasteiger partial charge >= 0.3 is 0 Å². The van der Waals surface area contributed by atoms with Crippen molar-refractivity contribution in [1.82, 2.24) is 4.98 Å². The summed E-state index contributed by atoms with van der Waals surface area (Å²) in [5, 5.41) is 9.92. The van der Waals surface area contributed by atoms with Crippen molar-refractivity contribution in [3.8, 4) is 0 Å². The van der Waals surface area contributed by atoms with Crippen LogP contribution in [0.1, 0.15) is 25.5 Å². The second-order valence-electron chi connectivity index (χ2n) is 2.90. The van der Waals surface area contributed by atoms with Crippen molar-refractivity contribution in [3.05, 3.63) is 29.0 Å². The maximum atomic E-state index is 9.30. The lowest BCUT2D eigenvalue weighted by Crippen LogP contribution is -2.12. The number of aromatic nitrogens is 1. The average molecular weight is 186 g/mol. The molecule has 0 saturated carbocycles. The fourth-order valence-electron chi connectivity index (χ4n) is 0.961. The summed E-state index contributed by atoms with van der Waals surface area (Å²) in [5.41, 5.74) is 0.758. The standard InChI is InChI=1S/C9H12ClNO/c1-6(7(2)12)9-8(10)4-3-5-11-9/h3-7,12H,1-2H3. The third kappa shape index (κ3) is 1.96. The molecule has 1 heterocycles. The van der Waals surface area contributed by atoms with E-state index in [0.717, 1.165) is 5.69 Å². The van der Waals surface area contributed by atoms with E-state index in [0.29, 0.717) is 5.02 Å². The lowest BCUT2D eigenvalue weighted by Gasteiger charge is -2.14. The van der Waals surface area contributed by atoms with Crippen LogP contribution >= 0.6 is 11.6 Å². The molecule has 0 aliphatic carbocycles. The summed E-state index contributed by atoms with van der Waals surface area (Å²) in [6.45, 7) is 3.63. The molecule has 0 fully saturated rings. The monoisotopic (exact) mass is 185 g/mol. The van der Waals surface area contributed by atoms with Crippen molar-refractivity contribution in [3.63, 3.8) is 0 Å². The molecule has 12 heavy (non-hydrogen) atoms. The number of aliphatic hydroxyl groups is 1. The molecule has 0 aromatic carbocycles. The zero-order chi connectivity index (χ0) is 9.14. The molecule has 0 spiro atoms. The Hall–Kier alpha value is -0.600. The summed E-state index contributed by atoms with van der Waals surface area (Å²) in [6.07, 6.45) is 1.26. The Bertz CT molecular complexity index is 262. The number of pyridine rings is 1. The van der Waals surface area contributed by atoms with Crippen LogP contribution in [0, 0.1) is 0 Å². The van der Waals surface area contributed by atoms with Gasteiger partial charge in [-0.3, -0.25) is 4.98 Å². The first-order chi connectivity index (χ1) is 5.63. The molecule has 0 amide bonds. The highest BCUT2D eigenvalue weighted by Crippen LogP contribution is 2.23. The number of hydrogen-bond acceptors (Lipinski definition) is 2. The van der Waals surface area contributed by atoms with E-state index in [1.165, 1.54) is 0 Å². The molecule has 2 unspecified atom stereocenters. The van der Waals surface area contributed by atoms with Crippen LogP contribution in [-0.2, 0) is 0 Å².